The summed E-state index contributed by atoms with van der Waals surface area (Å²) < 4.78 is 27.3. The van der Waals surface area contributed by atoms with E-state index in [0.29, 0.717) is 10.5 Å². The summed E-state index contributed by atoms with van der Waals surface area (Å²) in [6.45, 7) is 3.70. The second kappa shape index (κ2) is 5.56. The molecule has 1 aliphatic heterocycles. The number of halogens is 2. The van der Waals surface area contributed by atoms with E-state index in [1.165, 1.54) is 0 Å². The van der Waals surface area contributed by atoms with E-state index in [-0.39, 0.29) is 5.57 Å². The number of benzene rings is 2. The molecule has 1 heterocycles. The lowest BCUT2D eigenvalue weighted by atomic mass is 10.00. The zero-order valence-corrected chi connectivity index (χ0v) is 12.9. The van der Waals surface area contributed by atoms with Crippen molar-refractivity contribution in [2.24, 2.45) is 0 Å². The summed E-state index contributed by atoms with van der Waals surface area (Å²) in [5.41, 5.74) is 1.42. The normalized spacial score (nSPS) is 14.8. The minimum absolute atomic E-state index is 0.230. The molecule has 2 aromatic carbocycles. The third-order valence-electron chi connectivity index (χ3n) is 4.00. The SMILES string of the molecule is Cc1ccc(C2=C(O)C(=O)N(c3cc(F)ccc3F)C2=O)cc1C. The maximum absolute atomic E-state index is 13.9. The minimum atomic E-state index is -1.09. The van der Waals surface area contributed by atoms with Crippen LogP contribution >= 0.6 is 0 Å². The Labute approximate surface area is 136 Å². The Morgan fingerprint density at radius 1 is 0.917 bits per heavy atom. The Morgan fingerprint density at radius 3 is 2.29 bits per heavy atom. The second-order valence-electron chi connectivity index (χ2n) is 5.56. The highest BCUT2D eigenvalue weighted by atomic mass is 19.1. The first kappa shape index (κ1) is 15.9. The van der Waals surface area contributed by atoms with Gasteiger partial charge in [0, 0.05) is 6.07 Å². The van der Waals surface area contributed by atoms with Gasteiger partial charge in [0.05, 0.1) is 11.3 Å². The molecule has 0 spiro atoms. The van der Waals surface area contributed by atoms with Gasteiger partial charge in [0.1, 0.15) is 11.6 Å². The number of imide groups is 1. The lowest BCUT2D eigenvalue weighted by Gasteiger charge is -2.15. The molecule has 24 heavy (non-hydrogen) atoms. The molecule has 1 N–H and O–H groups in total. The van der Waals surface area contributed by atoms with Crippen LogP contribution in [0.15, 0.2) is 42.2 Å². The van der Waals surface area contributed by atoms with Crippen LogP contribution in [-0.4, -0.2) is 16.9 Å². The molecule has 6 heteroatoms. The average molecular weight is 329 g/mol. The van der Waals surface area contributed by atoms with Crippen LogP contribution < -0.4 is 4.90 Å². The molecule has 2 aromatic rings. The molecule has 0 atom stereocenters. The fourth-order valence-corrected chi connectivity index (χ4v) is 2.55. The van der Waals surface area contributed by atoms with Crippen LogP contribution in [0.3, 0.4) is 0 Å². The highest BCUT2D eigenvalue weighted by Gasteiger charge is 2.41. The molecule has 0 bridgehead atoms. The van der Waals surface area contributed by atoms with Gasteiger partial charge < -0.3 is 5.11 Å². The van der Waals surface area contributed by atoms with Gasteiger partial charge in [0.15, 0.2) is 5.76 Å². The number of nitrogens with zero attached hydrogens (tertiary/aromatic N) is 1. The molecule has 3 rings (SSSR count). The van der Waals surface area contributed by atoms with E-state index >= 15 is 0 Å². The second-order valence-corrected chi connectivity index (χ2v) is 5.56. The van der Waals surface area contributed by atoms with Crippen LogP contribution in [0.1, 0.15) is 16.7 Å². The molecule has 0 saturated carbocycles. The molecule has 1 aliphatic rings. The van der Waals surface area contributed by atoms with Crippen molar-refractivity contribution >= 4 is 23.1 Å². The number of aryl methyl sites for hydroxylation is 2. The first-order chi connectivity index (χ1) is 11.3. The Hall–Kier alpha value is -3.02. The molecule has 0 aromatic heterocycles. The van der Waals surface area contributed by atoms with Gasteiger partial charge in [0.25, 0.3) is 5.91 Å². The van der Waals surface area contributed by atoms with Gasteiger partial charge in [0.2, 0.25) is 0 Å². The van der Waals surface area contributed by atoms with Crippen molar-refractivity contribution < 1.29 is 23.5 Å². The minimum Gasteiger partial charge on any atom is -0.502 e. The van der Waals surface area contributed by atoms with Crippen molar-refractivity contribution in [3.05, 3.63) is 70.5 Å². The third-order valence-corrected chi connectivity index (χ3v) is 4.00. The van der Waals surface area contributed by atoms with Crippen LogP contribution in [0.2, 0.25) is 0 Å². The van der Waals surface area contributed by atoms with Crippen molar-refractivity contribution in [3.63, 3.8) is 0 Å². The molecule has 0 unspecified atom stereocenters. The van der Waals surface area contributed by atoms with Gasteiger partial charge in [-0.15, -0.1) is 0 Å². The van der Waals surface area contributed by atoms with E-state index < -0.39 is 34.9 Å². The molecule has 4 nitrogen and oxygen atoms in total. The van der Waals surface area contributed by atoms with Gasteiger partial charge in [-0.05, 0) is 42.7 Å². The summed E-state index contributed by atoms with van der Waals surface area (Å²) in [5.74, 6) is -4.51. The summed E-state index contributed by atoms with van der Waals surface area (Å²) in [6.07, 6.45) is 0. The number of carbonyl (C=O) groups is 2. The first-order valence-corrected chi connectivity index (χ1v) is 7.16. The molecule has 0 radical (unpaired) electrons. The Balaban J connectivity index is 2.11. The highest BCUT2D eigenvalue weighted by molar-refractivity contribution is 6.44. The molecular weight excluding hydrogens is 316 g/mol. The first-order valence-electron chi connectivity index (χ1n) is 7.16. The number of rotatable bonds is 2. The monoisotopic (exact) mass is 329 g/mol. The smallest absolute Gasteiger partial charge is 0.301 e. The predicted octanol–water partition coefficient (Wildman–Crippen LogP) is 3.42. The summed E-state index contributed by atoms with van der Waals surface area (Å²) >= 11 is 0. The number of aliphatic hydroxyl groups excluding tert-OH is 1. The summed E-state index contributed by atoms with van der Waals surface area (Å²) in [4.78, 5) is 25.3. The summed E-state index contributed by atoms with van der Waals surface area (Å²) in [5, 5.41) is 10.1. The van der Waals surface area contributed by atoms with Gasteiger partial charge >= 0.3 is 5.91 Å². The lowest BCUT2D eigenvalue weighted by molar-refractivity contribution is -0.121. The van der Waals surface area contributed by atoms with Gasteiger partial charge in [-0.1, -0.05) is 18.2 Å². The molecule has 0 aliphatic carbocycles. The van der Waals surface area contributed by atoms with Gasteiger partial charge in [-0.3, -0.25) is 9.59 Å². The average Bonchev–Trinajstić information content (AvgIpc) is 2.75. The van der Waals surface area contributed by atoms with E-state index in [1.807, 2.05) is 13.8 Å². The van der Waals surface area contributed by atoms with E-state index in [2.05, 4.69) is 0 Å². The van der Waals surface area contributed by atoms with Gasteiger partial charge in [-0.25, -0.2) is 13.7 Å². The third kappa shape index (κ3) is 2.36. The van der Waals surface area contributed by atoms with Crippen LogP contribution in [0.5, 0.6) is 0 Å². The molecule has 0 saturated heterocycles. The Morgan fingerprint density at radius 2 is 1.62 bits per heavy atom. The van der Waals surface area contributed by atoms with Crippen LogP contribution in [0.4, 0.5) is 14.5 Å². The molecule has 0 fully saturated rings. The van der Waals surface area contributed by atoms with Crippen LogP contribution in [-0.2, 0) is 9.59 Å². The van der Waals surface area contributed by atoms with Crippen molar-refractivity contribution in [2.75, 3.05) is 4.90 Å². The number of hydrogen-bond acceptors (Lipinski definition) is 3. The maximum atomic E-state index is 13.9. The Bertz CT molecular complexity index is 918. The van der Waals surface area contributed by atoms with E-state index in [1.54, 1.807) is 18.2 Å². The van der Waals surface area contributed by atoms with Crippen LogP contribution in [0, 0.1) is 25.5 Å². The molecule has 2 amide bonds. The van der Waals surface area contributed by atoms with Gasteiger partial charge in [-0.2, -0.15) is 0 Å². The standard InChI is InChI=1S/C18H13F2NO3/c1-9-3-4-11(7-10(9)2)15-16(22)18(24)21(17(15)23)14-8-12(19)5-6-13(14)20/h3-8,22H,1-2H3. The lowest BCUT2D eigenvalue weighted by Crippen LogP contribution is -2.32. The molecular formula is C18H13F2NO3. The quantitative estimate of drug-likeness (QED) is 0.859. The number of carbonyl (C=O) groups excluding carboxylic acids is 2. The fraction of sp³-hybridized carbons (Fsp3) is 0.111. The maximum Gasteiger partial charge on any atom is 0.301 e. The van der Waals surface area contributed by atoms with E-state index in [4.69, 9.17) is 0 Å². The largest absolute Gasteiger partial charge is 0.502 e. The molecule has 122 valence electrons. The topological polar surface area (TPSA) is 57.6 Å². The van der Waals surface area contributed by atoms with Crippen molar-refractivity contribution in [1.29, 1.82) is 0 Å². The number of anilines is 1. The highest BCUT2D eigenvalue weighted by Crippen LogP contribution is 2.34. The van der Waals surface area contributed by atoms with Crippen molar-refractivity contribution in [3.8, 4) is 0 Å². The number of hydrogen-bond donors (Lipinski definition) is 1. The fourth-order valence-electron chi connectivity index (χ4n) is 2.55. The van der Waals surface area contributed by atoms with E-state index in [0.717, 1.165) is 29.3 Å². The van der Waals surface area contributed by atoms with Crippen molar-refractivity contribution in [1.82, 2.24) is 0 Å². The zero-order chi connectivity index (χ0) is 17.6. The zero-order valence-electron chi connectivity index (χ0n) is 12.9. The summed E-state index contributed by atoms with van der Waals surface area (Å²) in [7, 11) is 0. The number of amides is 2. The predicted molar refractivity (Wildman–Crippen MR) is 84.3 cm³/mol. The Kier molecular flexibility index (Phi) is 3.67. The summed E-state index contributed by atoms with van der Waals surface area (Å²) in [6, 6.07) is 7.41. The number of aliphatic hydroxyl groups is 1. The van der Waals surface area contributed by atoms with E-state index in [9.17, 15) is 23.5 Å². The van der Waals surface area contributed by atoms with Crippen molar-refractivity contribution in [2.45, 2.75) is 13.8 Å². The van der Waals surface area contributed by atoms with Crippen LogP contribution in [0.25, 0.3) is 5.57 Å².